The van der Waals surface area contributed by atoms with Crippen LogP contribution in [0.15, 0.2) is 45.9 Å². The molecular weight excluding hydrogens is 334 g/mol. The zero-order chi connectivity index (χ0) is 17.7. The van der Waals surface area contributed by atoms with E-state index in [-0.39, 0.29) is 5.56 Å². The number of fused-ring (bicyclic) bond motifs is 2. The number of nitrogens with zero attached hydrogens (tertiary/aromatic N) is 5. The molecule has 128 valence electrons. The Bertz CT molecular complexity index is 1310. The van der Waals surface area contributed by atoms with Gasteiger partial charge in [0.25, 0.3) is 5.56 Å². The molecule has 0 aliphatic carbocycles. The Hall–Kier alpha value is -3.75. The van der Waals surface area contributed by atoms with Crippen molar-refractivity contribution < 1.29 is 4.42 Å². The molecule has 0 saturated heterocycles. The Morgan fingerprint density at radius 3 is 2.88 bits per heavy atom. The average Bonchev–Trinajstić information content (AvgIpc) is 3.39. The molecule has 0 saturated carbocycles. The van der Waals surface area contributed by atoms with Crippen molar-refractivity contribution in [3.05, 3.63) is 52.8 Å². The van der Waals surface area contributed by atoms with Crippen LogP contribution in [0.25, 0.3) is 39.4 Å². The van der Waals surface area contributed by atoms with Gasteiger partial charge in [-0.2, -0.15) is 15.4 Å². The van der Waals surface area contributed by atoms with Crippen molar-refractivity contribution >= 4 is 16.7 Å². The topological polar surface area (TPSA) is 118 Å². The van der Waals surface area contributed by atoms with Crippen LogP contribution in [-0.4, -0.2) is 35.0 Å². The fourth-order valence-corrected chi connectivity index (χ4v) is 2.88. The Kier molecular flexibility index (Phi) is 3.02. The van der Waals surface area contributed by atoms with E-state index in [1.807, 2.05) is 25.1 Å². The van der Waals surface area contributed by atoms with Gasteiger partial charge < -0.3 is 4.42 Å². The fourth-order valence-electron chi connectivity index (χ4n) is 2.88. The van der Waals surface area contributed by atoms with E-state index < -0.39 is 0 Å². The molecule has 4 heterocycles. The lowest BCUT2D eigenvalue weighted by molar-refractivity contribution is 0.573. The first kappa shape index (κ1) is 14.6. The predicted octanol–water partition coefficient (Wildman–Crippen LogP) is 2.18. The summed E-state index contributed by atoms with van der Waals surface area (Å²) in [6.45, 7) is 2.00. The molecule has 2 N–H and O–H groups in total. The SMILES string of the molecule is CCc1coc(-c2c[nH]n3c(=O)cc(-c4ccc5n[nH]nc5c4)nc23)n1. The highest BCUT2D eigenvalue weighted by Crippen LogP contribution is 2.25. The smallest absolute Gasteiger partial charge is 0.273 e. The molecule has 0 fully saturated rings. The lowest BCUT2D eigenvalue weighted by atomic mass is 10.1. The molecule has 0 unspecified atom stereocenters. The second-order valence-corrected chi connectivity index (χ2v) is 5.85. The summed E-state index contributed by atoms with van der Waals surface area (Å²) in [5.41, 5.74) is 4.49. The quantitative estimate of drug-likeness (QED) is 0.516. The van der Waals surface area contributed by atoms with E-state index in [2.05, 4.69) is 30.5 Å². The number of nitrogens with one attached hydrogen (secondary N) is 2. The summed E-state index contributed by atoms with van der Waals surface area (Å²) >= 11 is 0. The van der Waals surface area contributed by atoms with E-state index in [1.165, 1.54) is 10.6 Å². The van der Waals surface area contributed by atoms with Crippen molar-refractivity contribution in [2.45, 2.75) is 13.3 Å². The molecule has 0 amide bonds. The summed E-state index contributed by atoms with van der Waals surface area (Å²) in [5.74, 6) is 0.427. The van der Waals surface area contributed by atoms with Crippen LogP contribution in [0, 0.1) is 0 Å². The minimum Gasteiger partial charge on any atom is -0.444 e. The van der Waals surface area contributed by atoms with Crippen molar-refractivity contribution in [3.8, 4) is 22.7 Å². The number of benzene rings is 1. The number of aromatic amines is 2. The molecule has 0 spiro atoms. The molecule has 4 aromatic heterocycles. The van der Waals surface area contributed by atoms with E-state index in [0.29, 0.717) is 28.3 Å². The van der Waals surface area contributed by atoms with E-state index in [9.17, 15) is 4.79 Å². The molecule has 9 heteroatoms. The molecule has 0 radical (unpaired) electrons. The highest BCUT2D eigenvalue weighted by atomic mass is 16.3. The minimum absolute atomic E-state index is 0.223. The Labute approximate surface area is 145 Å². The van der Waals surface area contributed by atoms with Crippen molar-refractivity contribution in [2.24, 2.45) is 0 Å². The highest BCUT2D eigenvalue weighted by molar-refractivity contribution is 5.81. The Balaban J connectivity index is 1.71. The van der Waals surface area contributed by atoms with Gasteiger partial charge in [0.1, 0.15) is 17.3 Å². The van der Waals surface area contributed by atoms with Crippen molar-refractivity contribution in [3.63, 3.8) is 0 Å². The van der Waals surface area contributed by atoms with Crippen LogP contribution in [0.2, 0.25) is 0 Å². The summed E-state index contributed by atoms with van der Waals surface area (Å²) in [7, 11) is 0. The third-order valence-electron chi connectivity index (χ3n) is 4.25. The number of aromatic nitrogens is 7. The third-order valence-corrected chi connectivity index (χ3v) is 4.25. The average molecular weight is 347 g/mol. The van der Waals surface area contributed by atoms with Crippen LogP contribution in [-0.2, 0) is 6.42 Å². The zero-order valence-electron chi connectivity index (χ0n) is 13.7. The molecule has 5 aromatic rings. The van der Waals surface area contributed by atoms with E-state index in [0.717, 1.165) is 23.2 Å². The van der Waals surface area contributed by atoms with Crippen molar-refractivity contribution in [1.82, 2.24) is 35.0 Å². The van der Waals surface area contributed by atoms with Gasteiger partial charge in [0.05, 0.1) is 17.0 Å². The van der Waals surface area contributed by atoms with Gasteiger partial charge in [0.2, 0.25) is 5.89 Å². The van der Waals surface area contributed by atoms with Gasteiger partial charge in [-0.3, -0.25) is 9.89 Å². The fraction of sp³-hybridized carbons (Fsp3) is 0.118. The van der Waals surface area contributed by atoms with Crippen LogP contribution in [0.3, 0.4) is 0 Å². The number of hydrogen-bond acceptors (Lipinski definition) is 6. The minimum atomic E-state index is -0.223. The molecule has 26 heavy (non-hydrogen) atoms. The second-order valence-electron chi connectivity index (χ2n) is 5.85. The van der Waals surface area contributed by atoms with Crippen LogP contribution < -0.4 is 5.56 Å². The van der Waals surface area contributed by atoms with E-state index in [1.54, 1.807) is 12.5 Å². The highest BCUT2D eigenvalue weighted by Gasteiger charge is 2.16. The summed E-state index contributed by atoms with van der Waals surface area (Å²) in [5, 5.41) is 13.6. The number of rotatable bonds is 3. The molecule has 0 aliphatic rings. The second kappa shape index (κ2) is 5.38. The van der Waals surface area contributed by atoms with Gasteiger partial charge in [0.15, 0.2) is 5.65 Å². The van der Waals surface area contributed by atoms with Gasteiger partial charge in [-0.1, -0.05) is 13.0 Å². The van der Waals surface area contributed by atoms with Gasteiger partial charge in [-0.05, 0) is 18.6 Å². The van der Waals surface area contributed by atoms with Gasteiger partial charge in [0, 0.05) is 17.8 Å². The molecule has 5 rings (SSSR count). The van der Waals surface area contributed by atoms with Crippen LogP contribution >= 0.6 is 0 Å². The lowest BCUT2D eigenvalue weighted by Gasteiger charge is -2.02. The summed E-state index contributed by atoms with van der Waals surface area (Å²) in [4.78, 5) is 21.6. The molecular formula is C17H13N7O2. The standard InChI is InChI=1S/C17H13N7O2/c1-2-10-8-26-17(19-10)11-7-18-24-15(25)6-13(20-16(11)24)9-3-4-12-14(5-9)22-23-21-12/h3-8,18H,2H2,1H3,(H,21,22,23). The molecule has 0 bridgehead atoms. The predicted molar refractivity (Wildman–Crippen MR) is 93.6 cm³/mol. The van der Waals surface area contributed by atoms with Crippen LogP contribution in [0.1, 0.15) is 12.6 Å². The van der Waals surface area contributed by atoms with E-state index in [4.69, 9.17) is 4.42 Å². The maximum Gasteiger partial charge on any atom is 0.273 e. The number of hydrogen-bond donors (Lipinski definition) is 2. The van der Waals surface area contributed by atoms with Crippen LogP contribution in [0.5, 0.6) is 0 Å². The largest absolute Gasteiger partial charge is 0.444 e. The third kappa shape index (κ3) is 2.14. The van der Waals surface area contributed by atoms with Crippen LogP contribution in [0.4, 0.5) is 0 Å². The molecule has 1 aromatic carbocycles. The van der Waals surface area contributed by atoms with E-state index >= 15 is 0 Å². The summed E-state index contributed by atoms with van der Waals surface area (Å²) < 4.78 is 6.90. The maximum absolute atomic E-state index is 12.5. The Morgan fingerprint density at radius 1 is 1.15 bits per heavy atom. The van der Waals surface area contributed by atoms with Gasteiger partial charge in [-0.15, -0.1) is 0 Å². The lowest BCUT2D eigenvalue weighted by Crippen LogP contribution is -2.14. The first-order chi connectivity index (χ1) is 12.7. The maximum atomic E-state index is 12.5. The molecule has 9 nitrogen and oxygen atoms in total. The summed E-state index contributed by atoms with van der Waals surface area (Å²) in [6, 6.07) is 7.00. The number of oxazole rings is 1. The van der Waals surface area contributed by atoms with Gasteiger partial charge >= 0.3 is 0 Å². The van der Waals surface area contributed by atoms with Gasteiger partial charge in [-0.25, -0.2) is 14.5 Å². The Morgan fingerprint density at radius 2 is 2.04 bits per heavy atom. The normalized spacial score (nSPS) is 11.6. The monoisotopic (exact) mass is 347 g/mol. The first-order valence-electron chi connectivity index (χ1n) is 8.10. The number of aryl methyl sites for hydroxylation is 1. The molecule has 0 atom stereocenters. The number of H-pyrrole nitrogens is 2. The van der Waals surface area contributed by atoms with Crippen molar-refractivity contribution in [1.29, 1.82) is 0 Å². The summed E-state index contributed by atoms with van der Waals surface area (Å²) in [6.07, 6.45) is 4.04. The first-order valence-corrected chi connectivity index (χ1v) is 8.10. The van der Waals surface area contributed by atoms with Crippen molar-refractivity contribution in [2.75, 3.05) is 0 Å². The zero-order valence-corrected chi connectivity index (χ0v) is 13.7. The molecule has 0 aliphatic heterocycles.